The topological polar surface area (TPSA) is 19.9 Å². The van der Waals surface area contributed by atoms with Crippen molar-refractivity contribution in [2.75, 3.05) is 18.5 Å². The maximum Gasteiger partial charge on any atom is 0 e. The SMILES string of the molecule is CC(CP(c1ccccc1)c1ccccc1)(CP(c1ccccc1)c1ccccc1)CP(c1ccccc1)c1ccccc1.[C-]#[O+].[W]. The molecule has 0 aromatic heterocycles. The van der Waals surface area contributed by atoms with E-state index in [2.05, 4.69) is 196 Å². The minimum atomic E-state index is -0.555. The predicted octanol–water partition coefficient (Wildman–Crippen LogP) is 8.35. The van der Waals surface area contributed by atoms with Crippen LogP contribution in [0, 0.1) is 12.1 Å². The normalized spacial score (nSPS) is 11.0. The van der Waals surface area contributed by atoms with Crippen molar-refractivity contribution in [1.82, 2.24) is 0 Å². The maximum absolute atomic E-state index is 7.50. The van der Waals surface area contributed by atoms with E-state index in [1.165, 1.54) is 31.8 Å². The van der Waals surface area contributed by atoms with Gasteiger partial charge in [-0.3, -0.25) is 0 Å². The van der Waals surface area contributed by atoms with Gasteiger partial charge in [-0.15, -0.1) is 0 Å². The van der Waals surface area contributed by atoms with Gasteiger partial charge in [-0.25, -0.2) is 0 Å². The summed E-state index contributed by atoms with van der Waals surface area (Å²) < 4.78 is 7.50. The van der Waals surface area contributed by atoms with E-state index < -0.39 is 23.8 Å². The first-order chi connectivity index (χ1) is 22.7. The summed E-state index contributed by atoms with van der Waals surface area (Å²) in [5, 5.41) is 8.79. The summed E-state index contributed by atoms with van der Waals surface area (Å²) in [7, 11) is -1.66. The Morgan fingerprint density at radius 1 is 0.362 bits per heavy atom. The molecule has 5 heteroatoms. The van der Waals surface area contributed by atoms with Crippen LogP contribution in [0.25, 0.3) is 0 Å². The molecular formula is C42H39OP3W. The van der Waals surface area contributed by atoms with Crippen molar-refractivity contribution in [2.24, 2.45) is 5.41 Å². The first-order valence-electron chi connectivity index (χ1n) is 15.5. The van der Waals surface area contributed by atoms with E-state index in [-0.39, 0.29) is 26.5 Å². The molecule has 47 heavy (non-hydrogen) atoms. The van der Waals surface area contributed by atoms with Gasteiger partial charge in [-0.1, -0.05) is 189 Å². The van der Waals surface area contributed by atoms with Crippen molar-refractivity contribution in [1.29, 1.82) is 0 Å². The predicted molar refractivity (Wildman–Crippen MR) is 204 cm³/mol. The van der Waals surface area contributed by atoms with Gasteiger partial charge in [0.25, 0.3) is 0 Å². The molecule has 234 valence electrons. The molecule has 0 aliphatic rings. The van der Waals surface area contributed by atoms with Gasteiger partial charge in [-0.2, -0.15) is 0 Å². The summed E-state index contributed by atoms with van der Waals surface area (Å²) in [5.74, 6) is 0. The Morgan fingerprint density at radius 3 is 0.660 bits per heavy atom. The zero-order chi connectivity index (χ0) is 32.0. The molecule has 0 N–H and O–H groups in total. The molecular weight excluding hydrogens is 797 g/mol. The van der Waals surface area contributed by atoms with Gasteiger partial charge in [-0.05, 0) is 79.5 Å². The van der Waals surface area contributed by atoms with Crippen LogP contribution in [-0.4, -0.2) is 18.5 Å². The largest absolute Gasteiger partial charge is 0 e. The van der Waals surface area contributed by atoms with Crippen LogP contribution in [0.4, 0.5) is 0 Å². The molecule has 6 aromatic rings. The molecule has 1 nitrogen and oxygen atoms in total. The molecule has 0 aliphatic heterocycles. The van der Waals surface area contributed by atoms with Gasteiger partial charge in [0.15, 0.2) is 0 Å². The van der Waals surface area contributed by atoms with Gasteiger partial charge in [0.1, 0.15) is 0 Å². The maximum atomic E-state index is 7.50. The fourth-order valence-electron chi connectivity index (χ4n) is 5.94. The minimum Gasteiger partial charge on any atom is 0 e. The Bertz CT molecular complexity index is 1410. The summed E-state index contributed by atoms with van der Waals surface area (Å²) >= 11 is 0. The molecule has 0 amide bonds. The molecule has 0 heterocycles. The molecule has 0 atom stereocenters. The summed E-state index contributed by atoms with van der Waals surface area (Å²) in [6.07, 6.45) is 3.44. The van der Waals surface area contributed by atoms with Crippen LogP contribution in [0.2, 0.25) is 0 Å². The molecule has 6 rings (SSSR count). The molecule has 6 aromatic carbocycles. The van der Waals surface area contributed by atoms with E-state index in [9.17, 15) is 0 Å². The second kappa shape index (κ2) is 19.1. The van der Waals surface area contributed by atoms with Crippen LogP contribution >= 0.6 is 23.8 Å². The van der Waals surface area contributed by atoms with Gasteiger partial charge in [0.2, 0.25) is 0 Å². The zero-order valence-electron chi connectivity index (χ0n) is 26.6. The fraction of sp³-hybridized carbons (Fsp3) is 0.119. The first-order valence-corrected chi connectivity index (χ1v) is 20.1. The molecule has 0 saturated heterocycles. The summed E-state index contributed by atoms with van der Waals surface area (Å²) in [6, 6.07) is 67.7. The monoisotopic (exact) mass is 836 g/mol. The van der Waals surface area contributed by atoms with Crippen LogP contribution in [0.15, 0.2) is 182 Å². The third-order valence-corrected chi connectivity index (χ3v) is 16.8. The number of benzene rings is 6. The van der Waals surface area contributed by atoms with E-state index >= 15 is 0 Å². The van der Waals surface area contributed by atoms with E-state index in [1.807, 2.05) is 0 Å². The number of hydrogen-bond donors (Lipinski definition) is 0. The van der Waals surface area contributed by atoms with Gasteiger partial charge in [0.05, 0.1) is 0 Å². The van der Waals surface area contributed by atoms with E-state index in [1.54, 1.807) is 0 Å². The number of hydrogen-bond acceptors (Lipinski definition) is 0. The minimum absolute atomic E-state index is 0. The third-order valence-electron chi connectivity index (χ3n) is 8.03. The van der Waals surface area contributed by atoms with E-state index in [0.717, 1.165) is 18.5 Å². The van der Waals surface area contributed by atoms with Crippen LogP contribution < -0.4 is 31.8 Å². The molecule has 0 radical (unpaired) electrons. The average molecular weight is 837 g/mol. The summed E-state index contributed by atoms with van der Waals surface area (Å²) in [5.41, 5.74) is 0.0756. The Labute approximate surface area is 299 Å². The van der Waals surface area contributed by atoms with Gasteiger partial charge in [0, 0.05) is 21.1 Å². The molecule has 0 fully saturated rings. The van der Waals surface area contributed by atoms with Crippen molar-refractivity contribution in [3.05, 3.63) is 189 Å². The molecule has 0 saturated carbocycles. The standard InChI is InChI=1S/C41H39P3.CO.W/c1-41(32-42(35-20-8-2-9-21-35)36-22-10-3-11-23-36,33-43(37-24-12-4-13-25-37)38-26-14-5-15-27-38)34-44(39-28-16-6-17-29-39)40-30-18-7-19-31-40;1-2;/h2-31H,32-34H2,1H3;;. The van der Waals surface area contributed by atoms with E-state index in [0.29, 0.717) is 0 Å². The quantitative estimate of drug-likeness (QED) is 0.0672. The average Bonchev–Trinajstić information content (AvgIpc) is 3.15. The first kappa shape index (κ1) is 36.9. The Morgan fingerprint density at radius 2 is 0.511 bits per heavy atom. The molecule has 0 aliphatic carbocycles. The zero-order valence-corrected chi connectivity index (χ0v) is 32.2. The van der Waals surface area contributed by atoms with E-state index in [4.69, 9.17) is 4.65 Å². The Kier molecular flexibility index (Phi) is 15.0. The Hall–Kier alpha value is -2.96. The van der Waals surface area contributed by atoms with Crippen molar-refractivity contribution in [2.45, 2.75) is 6.92 Å². The molecule has 0 spiro atoms. The van der Waals surface area contributed by atoms with Crippen LogP contribution in [0.3, 0.4) is 0 Å². The Balaban J connectivity index is 0.00000164. The van der Waals surface area contributed by atoms with Crippen molar-refractivity contribution in [3.63, 3.8) is 0 Å². The second-order valence-electron chi connectivity index (χ2n) is 11.6. The second-order valence-corrected chi connectivity index (χ2v) is 18.2. The third kappa shape index (κ3) is 10.3. The fourth-order valence-corrected chi connectivity index (χ4v) is 14.6. The molecule has 0 bridgehead atoms. The van der Waals surface area contributed by atoms with Gasteiger partial charge < -0.3 is 0 Å². The summed E-state index contributed by atoms with van der Waals surface area (Å²) in [4.78, 5) is 0. The number of rotatable bonds is 12. The molecule has 0 unspecified atom stereocenters. The van der Waals surface area contributed by atoms with Crippen LogP contribution in [-0.2, 0) is 25.7 Å². The van der Waals surface area contributed by atoms with Crippen molar-refractivity contribution < 1.29 is 25.7 Å². The van der Waals surface area contributed by atoms with Crippen LogP contribution in [0.1, 0.15) is 6.92 Å². The van der Waals surface area contributed by atoms with Crippen molar-refractivity contribution >= 4 is 55.6 Å². The summed E-state index contributed by atoms with van der Waals surface area (Å²) in [6.45, 7) is 7.11. The smallest absolute Gasteiger partial charge is 0 e. The van der Waals surface area contributed by atoms with Gasteiger partial charge >= 0.3 is 11.3 Å². The van der Waals surface area contributed by atoms with Crippen molar-refractivity contribution in [3.8, 4) is 0 Å². The van der Waals surface area contributed by atoms with Crippen LogP contribution in [0.5, 0.6) is 0 Å².